The van der Waals surface area contributed by atoms with Gasteiger partial charge in [0.05, 0.1) is 0 Å². The number of hydrogen-bond donors (Lipinski definition) is 3. The van der Waals surface area contributed by atoms with Crippen LogP contribution in [-0.4, -0.2) is 17.1 Å². The molecule has 0 radical (unpaired) electrons. The number of hydrogen-bond acceptors (Lipinski definition) is 3. The third kappa shape index (κ3) is 2.02. The van der Waals surface area contributed by atoms with Crippen molar-refractivity contribution in [3.63, 3.8) is 0 Å². The third-order valence-corrected chi connectivity index (χ3v) is 2.99. The van der Waals surface area contributed by atoms with E-state index in [1.54, 1.807) is 31.2 Å². The lowest BCUT2D eigenvalue weighted by Crippen LogP contribution is -2.51. The molecule has 1 atom stereocenters. The van der Waals surface area contributed by atoms with Crippen LogP contribution in [0.3, 0.4) is 0 Å². The Morgan fingerprint density at radius 1 is 1.56 bits per heavy atom. The van der Waals surface area contributed by atoms with Gasteiger partial charge in [-0.1, -0.05) is 12.1 Å². The smallest absolute Gasteiger partial charge is 0.242 e. The monoisotopic (exact) mass is 220 g/mol. The number of phenols is 1. The molecule has 1 aromatic carbocycles. The SMILES string of the molecule is CC(NC1CC1)(C(N)=O)c1cccc(O)c1. The van der Waals surface area contributed by atoms with Gasteiger partial charge in [0.25, 0.3) is 0 Å². The van der Waals surface area contributed by atoms with Gasteiger partial charge >= 0.3 is 0 Å². The molecular weight excluding hydrogens is 204 g/mol. The molecule has 0 bridgehead atoms. The van der Waals surface area contributed by atoms with Crippen molar-refractivity contribution in [3.8, 4) is 5.75 Å². The van der Waals surface area contributed by atoms with Crippen LogP contribution in [0, 0.1) is 0 Å². The summed E-state index contributed by atoms with van der Waals surface area (Å²) in [6.45, 7) is 1.75. The van der Waals surface area contributed by atoms with Crippen molar-refractivity contribution >= 4 is 5.91 Å². The number of rotatable bonds is 4. The molecule has 4 N–H and O–H groups in total. The number of carbonyl (C=O) groups excluding carboxylic acids is 1. The molecule has 1 saturated carbocycles. The molecule has 4 nitrogen and oxygen atoms in total. The van der Waals surface area contributed by atoms with Crippen molar-refractivity contribution in [2.75, 3.05) is 0 Å². The van der Waals surface area contributed by atoms with Crippen molar-refractivity contribution in [2.24, 2.45) is 5.73 Å². The first-order valence-electron chi connectivity index (χ1n) is 5.39. The van der Waals surface area contributed by atoms with E-state index in [0.717, 1.165) is 12.8 Å². The van der Waals surface area contributed by atoms with E-state index in [1.165, 1.54) is 0 Å². The fraction of sp³-hybridized carbons (Fsp3) is 0.417. The van der Waals surface area contributed by atoms with Crippen LogP contribution in [0.2, 0.25) is 0 Å². The molecule has 1 aliphatic carbocycles. The van der Waals surface area contributed by atoms with E-state index in [4.69, 9.17) is 5.73 Å². The van der Waals surface area contributed by atoms with Gasteiger partial charge in [-0.05, 0) is 37.5 Å². The second-order valence-electron chi connectivity index (χ2n) is 4.46. The Morgan fingerprint density at radius 3 is 2.75 bits per heavy atom. The Balaban J connectivity index is 2.33. The summed E-state index contributed by atoms with van der Waals surface area (Å²) in [5.74, 6) is -0.285. The minimum atomic E-state index is -0.903. The maximum absolute atomic E-state index is 11.6. The lowest BCUT2D eigenvalue weighted by Gasteiger charge is -2.28. The number of nitrogens with two attached hydrogens (primary N) is 1. The van der Waals surface area contributed by atoms with E-state index < -0.39 is 11.4 Å². The fourth-order valence-corrected chi connectivity index (χ4v) is 1.75. The highest BCUT2D eigenvalue weighted by Gasteiger charge is 2.38. The first kappa shape index (κ1) is 11.0. The highest BCUT2D eigenvalue weighted by molar-refractivity contribution is 5.86. The minimum Gasteiger partial charge on any atom is -0.508 e. The Bertz CT molecular complexity index is 415. The van der Waals surface area contributed by atoms with Crippen molar-refractivity contribution in [1.82, 2.24) is 5.32 Å². The molecule has 0 saturated heterocycles. The molecule has 0 aliphatic heterocycles. The summed E-state index contributed by atoms with van der Waals surface area (Å²) in [5, 5.41) is 12.7. The number of carbonyl (C=O) groups is 1. The maximum atomic E-state index is 11.6. The number of primary amides is 1. The molecule has 2 rings (SSSR count). The van der Waals surface area contributed by atoms with Crippen molar-refractivity contribution in [1.29, 1.82) is 0 Å². The number of nitrogens with one attached hydrogen (secondary N) is 1. The van der Waals surface area contributed by atoms with Gasteiger partial charge < -0.3 is 10.8 Å². The van der Waals surface area contributed by atoms with E-state index in [1.807, 2.05) is 0 Å². The van der Waals surface area contributed by atoms with Crippen LogP contribution < -0.4 is 11.1 Å². The fourth-order valence-electron chi connectivity index (χ4n) is 1.75. The highest BCUT2D eigenvalue weighted by atomic mass is 16.3. The Kier molecular flexibility index (Phi) is 2.59. The van der Waals surface area contributed by atoms with Gasteiger partial charge in [-0.15, -0.1) is 0 Å². The van der Waals surface area contributed by atoms with Gasteiger partial charge in [0, 0.05) is 6.04 Å². The van der Waals surface area contributed by atoms with Crippen LogP contribution in [0.5, 0.6) is 5.75 Å². The molecular formula is C12H16N2O2. The van der Waals surface area contributed by atoms with Gasteiger partial charge in [0.2, 0.25) is 5.91 Å². The van der Waals surface area contributed by atoms with Crippen molar-refractivity contribution < 1.29 is 9.90 Å². The van der Waals surface area contributed by atoms with Crippen molar-refractivity contribution in [2.45, 2.75) is 31.3 Å². The normalized spacial score (nSPS) is 19.1. The quantitative estimate of drug-likeness (QED) is 0.704. The largest absolute Gasteiger partial charge is 0.508 e. The molecule has 1 aliphatic rings. The summed E-state index contributed by atoms with van der Waals surface area (Å²) in [4.78, 5) is 11.6. The number of phenolic OH excluding ortho intramolecular Hbond substituents is 1. The van der Waals surface area contributed by atoms with Crippen LogP contribution in [-0.2, 0) is 10.3 Å². The zero-order valence-electron chi connectivity index (χ0n) is 9.23. The van der Waals surface area contributed by atoms with Crippen LogP contribution in [0.4, 0.5) is 0 Å². The third-order valence-electron chi connectivity index (χ3n) is 2.99. The number of amides is 1. The lowest BCUT2D eigenvalue weighted by atomic mass is 9.91. The standard InChI is InChI=1S/C12H16N2O2/c1-12(11(13)16,14-9-5-6-9)8-3-2-4-10(15)7-8/h2-4,7,9,14-15H,5-6H2,1H3,(H2,13,16). The molecule has 0 spiro atoms. The van der Waals surface area contributed by atoms with E-state index in [2.05, 4.69) is 5.32 Å². The molecule has 0 aromatic heterocycles. The molecule has 4 heteroatoms. The van der Waals surface area contributed by atoms with Crippen LogP contribution in [0.1, 0.15) is 25.3 Å². The van der Waals surface area contributed by atoms with Crippen molar-refractivity contribution in [3.05, 3.63) is 29.8 Å². The van der Waals surface area contributed by atoms with Gasteiger partial charge in [-0.2, -0.15) is 0 Å². The van der Waals surface area contributed by atoms with Gasteiger partial charge in [0.1, 0.15) is 11.3 Å². The lowest BCUT2D eigenvalue weighted by molar-refractivity contribution is -0.124. The van der Waals surface area contributed by atoms with E-state index in [9.17, 15) is 9.90 Å². The zero-order valence-corrected chi connectivity index (χ0v) is 9.23. The number of aromatic hydroxyl groups is 1. The average Bonchev–Trinajstić information content (AvgIpc) is 3.01. The maximum Gasteiger partial charge on any atom is 0.242 e. The summed E-state index contributed by atoms with van der Waals surface area (Å²) >= 11 is 0. The van der Waals surface area contributed by atoms with E-state index in [-0.39, 0.29) is 5.75 Å². The number of benzene rings is 1. The molecule has 0 heterocycles. The molecule has 1 aromatic rings. The van der Waals surface area contributed by atoms with Gasteiger partial charge in [-0.3, -0.25) is 10.1 Å². The van der Waals surface area contributed by atoms with Gasteiger partial charge in [0.15, 0.2) is 0 Å². The predicted molar refractivity (Wildman–Crippen MR) is 60.8 cm³/mol. The highest BCUT2D eigenvalue weighted by Crippen LogP contribution is 2.29. The summed E-state index contributed by atoms with van der Waals surface area (Å²) < 4.78 is 0. The second-order valence-corrected chi connectivity index (χ2v) is 4.46. The topological polar surface area (TPSA) is 75.3 Å². The Hall–Kier alpha value is -1.55. The zero-order chi connectivity index (χ0) is 11.8. The van der Waals surface area contributed by atoms with Crippen LogP contribution in [0.15, 0.2) is 24.3 Å². The summed E-state index contributed by atoms with van der Waals surface area (Å²) in [7, 11) is 0. The Morgan fingerprint density at radius 2 is 2.25 bits per heavy atom. The van der Waals surface area contributed by atoms with Crippen LogP contribution >= 0.6 is 0 Å². The first-order chi connectivity index (χ1) is 7.52. The average molecular weight is 220 g/mol. The molecule has 16 heavy (non-hydrogen) atoms. The summed E-state index contributed by atoms with van der Waals surface area (Å²) in [5.41, 5.74) is 5.24. The minimum absolute atomic E-state index is 0.141. The Labute approximate surface area is 94.5 Å². The molecule has 1 unspecified atom stereocenters. The van der Waals surface area contributed by atoms with E-state index >= 15 is 0 Å². The summed E-state index contributed by atoms with van der Waals surface area (Å²) in [6.07, 6.45) is 2.14. The predicted octanol–water partition coefficient (Wildman–Crippen LogP) is 0.845. The second kappa shape index (κ2) is 3.79. The summed E-state index contributed by atoms with van der Waals surface area (Å²) in [6, 6.07) is 7.00. The molecule has 1 amide bonds. The molecule has 86 valence electrons. The van der Waals surface area contributed by atoms with Crippen LogP contribution in [0.25, 0.3) is 0 Å². The molecule has 1 fully saturated rings. The first-order valence-corrected chi connectivity index (χ1v) is 5.39. The van der Waals surface area contributed by atoms with Gasteiger partial charge in [-0.25, -0.2) is 0 Å². The van der Waals surface area contributed by atoms with E-state index in [0.29, 0.717) is 11.6 Å².